The lowest BCUT2D eigenvalue weighted by Gasteiger charge is -2.36. The summed E-state index contributed by atoms with van der Waals surface area (Å²) in [6.45, 7) is 8.67. The molecule has 0 aromatic heterocycles. The maximum absolute atomic E-state index is 13.0. The molecule has 1 aromatic carbocycles. The van der Waals surface area contributed by atoms with Crippen molar-refractivity contribution < 1.29 is 8.42 Å². The van der Waals surface area contributed by atoms with Gasteiger partial charge < -0.3 is 0 Å². The second-order valence-corrected chi connectivity index (χ2v) is 9.91. The highest BCUT2D eigenvalue weighted by molar-refractivity contribution is 7.89. The summed E-state index contributed by atoms with van der Waals surface area (Å²) in [5.74, 6) is 0.646. The minimum Gasteiger partial charge on any atom is -0.207 e. The van der Waals surface area contributed by atoms with Crippen LogP contribution in [0.1, 0.15) is 58.9 Å². The largest absolute Gasteiger partial charge is 0.243 e. The topological polar surface area (TPSA) is 37.4 Å². The number of sulfonamides is 1. The summed E-state index contributed by atoms with van der Waals surface area (Å²) in [7, 11) is -3.35. The van der Waals surface area contributed by atoms with E-state index in [9.17, 15) is 8.42 Å². The molecule has 2 unspecified atom stereocenters. The van der Waals surface area contributed by atoms with Crippen LogP contribution < -0.4 is 0 Å². The molecular formula is C18H27NO2S. The third-order valence-electron chi connectivity index (χ3n) is 5.20. The molecule has 2 heterocycles. The monoisotopic (exact) mass is 321 g/mol. The van der Waals surface area contributed by atoms with Crippen molar-refractivity contribution in [1.82, 2.24) is 4.31 Å². The molecule has 2 aliphatic heterocycles. The molecule has 2 aliphatic rings. The third-order valence-corrected chi connectivity index (χ3v) is 7.22. The first-order valence-electron chi connectivity index (χ1n) is 8.33. The summed E-state index contributed by atoms with van der Waals surface area (Å²) in [5.41, 5.74) is 1.21. The molecule has 3 nitrogen and oxygen atoms in total. The van der Waals surface area contributed by atoms with Crippen molar-refractivity contribution >= 4 is 10.0 Å². The Bertz CT molecular complexity index is 629. The Hall–Kier alpha value is -0.870. The number of piperidine rings is 1. The fraction of sp³-hybridized carbons (Fsp3) is 0.667. The lowest BCUT2D eigenvalue weighted by atomic mass is 9.87. The number of hydrogen-bond acceptors (Lipinski definition) is 2. The normalized spacial score (nSPS) is 29.7. The molecule has 0 N–H and O–H groups in total. The summed E-state index contributed by atoms with van der Waals surface area (Å²) in [5, 5.41) is 0. The molecule has 3 rings (SSSR count). The molecule has 2 saturated heterocycles. The van der Waals surface area contributed by atoms with Crippen molar-refractivity contribution in [2.45, 2.75) is 75.8 Å². The van der Waals surface area contributed by atoms with Crippen LogP contribution in [-0.2, 0) is 15.4 Å². The van der Waals surface area contributed by atoms with Crippen molar-refractivity contribution in [3.05, 3.63) is 29.8 Å². The Balaban J connectivity index is 1.91. The van der Waals surface area contributed by atoms with Crippen LogP contribution in [0.5, 0.6) is 0 Å². The van der Waals surface area contributed by atoms with Crippen LogP contribution in [0.2, 0.25) is 0 Å². The Labute approximate surface area is 134 Å². The first-order valence-corrected chi connectivity index (χ1v) is 9.77. The van der Waals surface area contributed by atoms with Gasteiger partial charge in [-0.25, -0.2) is 8.42 Å². The van der Waals surface area contributed by atoms with Crippen molar-refractivity contribution in [3.8, 4) is 0 Å². The van der Waals surface area contributed by atoms with E-state index < -0.39 is 10.0 Å². The van der Waals surface area contributed by atoms with Crippen LogP contribution in [-0.4, -0.2) is 24.8 Å². The molecule has 0 amide bonds. The zero-order valence-corrected chi connectivity index (χ0v) is 14.9. The van der Waals surface area contributed by atoms with Crippen molar-refractivity contribution in [2.75, 3.05) is 0 Å². The van der Waals surface area contributed by atoms with Crippen LogP contribution in [0.3, 0.4) is 0 Å². The van der Waals surface area contributed by atoms with Gasteiger partial charge in [-0.1, -0.05) is 39.8 Å². The van der Waals surface area contributed by atoms with Gasteiger partial charge in [0.2, 0.25) is 10.0 Å². The van der Waals surface area contributed by atoms with Crippen LogP contribution in [0.25, 0.3) is 0 Å². The predicted molar refractivity (Wildman–Crippen MR) is 89.4 cm³/mol. The molecule has 4 heteroatoms. The molecule has 0 aliphatic carbocycles. The average molecular weight is 321 g/mol. The lowest BCUT2D eigenvalue weighted by Crippen LogP contribution is -2.45. The Morgan fingerprint density at radius 3 is 1.95 bits per heavy atom. The highest BCUT2D eigenvalue weighted by Gasteiger charge is 2.46. The summed E-state index contributed by atoms with van der Waals surface area (Å²) in [6.07, 6.45) is 4.06. The van der Waals surface area contributed by atoms with Crippen LogP contribution in [0.15, 0.2) is 29.2 Å². The average Bonchev–Trinajstić information content (AvgIpc) is 2.71. The highest BCUT2D eigenvalue weighted by Crippen LogP contribution is 2.42. The van der Waals surface area contributed by atoms with Gasteiger partial charge in [-0.05, 0) is 54.7 Å². The van der Waals surface area contributed by atoms with E-state index in [1.54, 1.807) is 12.1 Å². The molecule has 2 fully saturated rings. The lowest BCUT2D eigenvalue weighted by molar-refractivity contribution is 0.201. The smallest absolute Gasteiger partial charge is 0.207 e. The molecule has 2 bridgehead atoms. The third kappa shape index (κ3) is 2.71. The summed E-state index contributed by atoms with van der Waals surface area (Å²) < 4.78 is 27.9. The van der Waals surface area contributed by atoms with E-state index in [0.717, 1.165) is 25.7 Å². The molecule has 2 atom stereocenters. The van der Waals surface area contributed by atoms with E-state index >= 15 is 0 Å². The second kappa shape index (κ2) is 5.34. The van der Waals surface area contributed by atoms with E-state index in [0.29, 0.717) is 10.8 Å². The Kier molecular flexibility index (Phi) is 3.89. The number of hydrogen-bond donors (Lipinski definition) is 0. The molecule has 0 spiro atoms. The van der Waals surface area contributed by atoms with E-state index in [4.69, 9.17) is 0 Å². The summed E-state index contributed by atoms with van der Waals surface area (Å²) in [4.78, 5) is 0.451. The Morgan fingerprint density at radius 1 is 1.00 bits per heavy atom. The molecule has 0 radical (unpaired) electrons. The number of fused-ring (bicyclic) bond motifs is 2. The predicted octanol–water partition coefficient (Wildman–Crippen LogP) is 3.94. The standard InChI is InChI=1S/C18H27NO2S/c1-13-11-15-7-8-16(12-13)19(15)22(20,21)17-9-5-14(6-10-17)18(2,3)4/h5-6,9-10,13,15-16H,7-8,11-12H2,1-4H3. The summed E-state index contributed by atoms with van der Waals surface area (Å²) in [6, 6.07) is 7.91. The molecule has 22 heavy (non-hydrogen) atoms. The molecular weight excluding hydrogens is 294 g/mol. The van der Waals surface area contributed by atoms with Gasteiger partial charge in [0, 0.05) is 12.1 Å². The van der Waals surface area contributed by atoms with Gasteiger partial charge in [0.1, 0.15) is 0 Å². The van der Waals surface area contributed by atoms with Gasteiger partial charge in [-0.3, -0.25) is 0 Å². The van der Waals surface area contributed by atoms with Crippen LogP contribution in [0.4, 0.5) is 0 Å². The molecule has 122 valence electrons. The first kappa shape index (κ1) is 16.0. The van der Waals surface area contributed by atoms with Crippen molar-refractivity contribution in [1.29, 1.82) is 0 Å². The van der Waals surface area contributed by atoms with Crippen molar-refractivity contribution in [3.63, 3.8) is 0 Å². The van der Waals surface area contributed by atoms with E-state index in [-0.39, 0.29) is 17.5 Å². The van der Waals surface area contributed by atoms with Gasteiger partial charge in [0.15, 0.2) is 0 Å². The SMILES string of the molecule is CC1CC2CCC(C1)N2S(=O)(=O)c1ccc(C(C)(C)C)cc1. The van der Waals surface area contributed by atoms with Gasteiger partial charge in [-0.15, -0.1) is 0 Å². The highest BCUT2D eigenvalue weighted by atomic mass is 32.2. The van der Waals surface area contributed by atoms with Crippen molar-refractivity contribution in [2.24, 2.45) is 5.92 Å². The minimum atomic E-state index is -3.35. The van der Waals surface area contributed by atoms with Crippen LogP contribution >= 0.6 is 0 Å². The number of rotatable bonds is 2. The van der Waals surface area contributed by atoms with Gasteiger partial charge in [0.05, 0.1) is 4.90 Å². The van der Waals surface area contributed by atoms with Gasteiger partial charge in [-0.2, -0.15) is 4.31 Å². The Morgan fingerprint density at radius 2 is 1.50 bits per heavy atom. The maximum Gasteiger partial charge on any atom is 0.243 e. The second-order valence-electron chi connectivity index (χ2n) is 8.07. The first-order chi connectivity index (χ1) is 10.2. The molecule has 1 aromatic rings. The van der Waals surface area contributed by atoms with E-state index in [1.807, 2.05) is 16.4 Å². The number of nitrogens with zero attached hydrogens (tertiary/aromatic N) is 1. The zero-order valence-electron chi connectivity index (χ0n) is 14.0. The van der Waals surface area contributed by atoms with Gasteiger partial charge >= 0.3 is 0 Å². The van der Waals surface area contributed by atoms with Gasteiger partial charge in [0.25, 0.3) is 0 Å². The number of benzene rings is 1. The van der Waals surface area contributed by atoms with E-state index in [2.05, 4.69) is 27.7 Å². The fourth-order valence-electron chi connectivity index (χ4n) is 4.05. The fourth-order valence-corrected chi connectivity index (χ4v) is 5.94. The zero-order chi connectivity index (χ0) is 16.1. The van der Waals surface area contributed by atoms with E-state index in [1.165, 1.54) is 5.56 Å². The quantitative estimate of drug-likeness (QED) is 0.827. The maximum atomic E-state index is 13.0. The van der Waals surface area contributed by atoms with Crippen LogP contribution in [0, 0.1) is 5.92 Å². The minimum absolute atomic E-state index is 0.0435. The summed E-state index contributed by atoms with van der Waals surface area (Å²) >= 11 is 0. The molecule has 0 saturated carbocycles.